The molecule has 0 aromatic carbocycles. The molecule has 0 aliphatic carbocycles. The van der Waals surface area contributed by atoms with Crippen molar-refractivity contribution < 1.29 is 33.9 Å². The summed E-state index contributed by atoms with van der Waals surface area (Å²) in [6, 6.07) is -0.329. The Balaban J connectivity index is 1.59. The van der Waals surface area contributed by atoms with Gasteiger partial charge in [0.15, 0.2) is 0 Å². The van der Waals surface area contributed by atoms with E-state index in [0.717, 1.165) is 10.5 Å². The zero-order valence-corrected chi connectivity index (χ0v) is 17.3. The molecule has 2 aliphatic heterocycles. The van der Waals surface area contributed by atoms with Crippen LogP contribution in [0.4, 0.5) is 4.79 Å². The summed E-state index contributed by atoms with van der Waals surface area (Å²) in [5.74, 6) is -2.23. The van der Waals surface area contributed by atoms with Gasteiger partial charge in [-0.25, -0.2) is 14.2 Å². The number of primary amides is 1. The average molecular weight is 435 g/mol. The first-order valence-corrected chi connectivity index (χ1v) is 10.5. The third-order valence-electron chi connectivity index (χ3n) is 5.88. The first-order chi connectivity index (χ1) is 14.2. The number of nitrogens with two attached hydrogens (primary N) is 1. The van der Waals surface area contributed by atoms with E-state index >= 15 is 0 Å². The van der Waals surface area contributed by atoms with E-state index in [1.807, 2.05) is 33.8 Å². The number of amides is 2. The number of hydrogen-bond donors (Lipinski definition) is 3. The molecule has 2 aliphatic rings. The minimum Gasteiger partial charge on any atom is -0.477 e. The number of β-lactam (4-membered cyclic amide) rings is 1. The molecule has 2 aromatic rings. The van der Waals surface area contributed by atoms with Gasteiger partial charge in [0, 0.05) is 23.3 Å². The van der Waals surface area contributed by atoms with Gasteiger partial charge in [0.1, 0.15) is 30.7 Å². The Morgan fingerprint density at radius 1 is 1.43 bits per heavy atom. The lowest BCUT2D eigenvalue weighted by molar-refractivity contribution is -0.688. The number of aliphatic hydroxyl groups excluding tert-OH is 1. The lowest BCUT2D eigenvalue weighted by Crippen LogP contribution is -2.63. The number of aliphatic carboxylic acids is 1. The van der Waals surface area contributed by atoms with Crippen molar-refractivity contribution >= 4 is 34.1 Å². The fourth-order valence-corrected chi connectivity index (χ4v) is 5.47. The Morgan fingerprint density at radius 3 is 2.80 bits per heavy atom. The van der Waals surface area contributed by atoms with Gasteiger partial charge < -0.3 is 25.6 Å². The number of fused-ring (bicyclic) bond motifs is 2. The molecule has 4 atom stereocenters. The molecule has 10 nitrogen and oxygen atoms in total. The average Bonchev–Trinajstić information content (AvgIpc) is 3.27. The number of carbonyl (C=O) groups is 3. The van der Waals surface area contributed by atoms with Gasteiger partial charge in [-0.05, 0) is 6.92 Å². The monoisotopic (exact) mass is 435 g/mol. The summed E-state index contributed by atoms with van der Waals surface area (Å²) in [5, 5.41) is 21.7. The molecule has 4 rings (SSSR count). The Kier molecular flexibility index (Phi) is 5.02. The van der Waals surface area contributed by atoms with Crippen LogP contribution in [0.25, 0.3) is 4.83 Å². The van der Waals surface area contributed by atoms with Gasteiger partial charge in [-0.3, -0.25) is 4.79 Å². The van der Waals surface area contributed by atoms with Crippen LogP contribution in [0.2, 0.25) is 0 Å². The van der Waals surface area contributed by atoms with Gasteiger partial charge in [-0.2, -0.15) is 4.40 Å². The predicted octanol–water partition coefficient (Wildman–Crippen LogP) is 0.122. The molecule has 30 heavy (non-hydrogen) atoms. The van der Waals surface area contributed by atoms with E-state index in [0.29, 0.717) is 18.5 Å². The standard InChI is InChI=1S/C19H22N4O6S/c1-9-12(16(18(26)27)23-15(9)14(10(2)24)17(23)25)5-21-6-13-22(8-21)11(7-30-13)3-4-29-19(20)28/h6-10,14-15,24H,3-5H2,1-2H3,(H2-,20,26,27,28)/p+1/t9-,10+,14+,15+/m0/s1. The number of rotatable bonds is 7. The Bertz CT molecular complexity index is 1070. The SMILES string of the molecule is C[C@@H](O)[C@H]1C(=O)N2C(C(=O)O)=C(C[n+]3cc4scc(CCOC(N)=O)n4c3)[C@H](C)[C@H]12. The molecule has 1 saturated heterocycles. The highest BCUT2D eigenvalue weighted by Crippen LogP contribution is 2.47. The molecule has 2 amide bonds. The highest BCUT2D eigenvalue weighted by atomic mass is 32.1. The van der Waals surface area contributed by atoms with Crippen LogP contribution < -0.4 is 10.3 Å². The second kappa shape index (κ2) is 7.40. The number of imidazole rings is 1. The summed E-state index contributed by atoms with van der Waals surface area (Å²) < 4.78 is 8.63. The smallest absolute Gasteiger partial charge is 0.404 e. The number of hydrogen-bond acceptors (Lipinski definition) is 6. The van der Waals surface area contributed by atoms with E-state index in [2.05, 4.69) is 0 Å². The number of thiazole rings is 1. The van der Waals surface area contributed by atoms with Crippen LogP contribution in [0.1, 0.15) is 19.5 Å². The van der Waals surface area contributed by atoms with Crippen molar-refractivity contribution in [2.75, 3.05) is 6.61 Å². The first kappa shape index (κ1) is 20.4. The van der Waals surface area contributed by atoms with Crippen molar-refractivity contribution in [2.24, 2.45) is 17.6 Å². The summed E-state index contributed by atoms with van der Waals surface area (Å²) in [7, 11) is 0. The molecular formula is C19H23N4O6S+. The van der Waals surface area contributed by atoms with Crippen molar-refractivity contribution in [3.63, 3.8) is 0 Å². The fraction of sp³-hybridized carbons (Fsp3) is 0.474. The van der Waals surface area contributed by atoms with Crippen LogP contribution in [0.15, 0.2) is 29.2 Å². The number of carboxylic acid groups (broad SMARTS) is 1. The van der Waals surface area contributed by atoms with E-state index in [9.17, 15) is 24.6 Å². The van der Waals surface area contributed by atoms with Crippen molar-refractivity contribution in [1.29, 1.82) is 0 Å². The number of ether oxygens (including phenoxy) is 1. The van der Waals surface area contributed by atoms with Crippen molar-refractivity contribution in [3.05, 3.63) is 34.9 Å². The Morgan fingerprint density at radius 2 is 2.17 bits per heavy atom. The summed E-state index contributed by atoms with van der Waals surface area (Å²) >= 11 is 1.52. The summed E-state index contributed by atoms with van der Waals surface area (Å²) in [6.45, 7) is 3.95. The molecule has 4 heterocycles. The minimum absolute atomic E-state index is 0.0199. The Labute approximate surface area is 175 Å². The zero-order chi connectivity index (χ0) is 21.7. The number of carbonyl (C=O) groups excluding carboxylic acids is 2. The molecule has 11 heteroatoms. The van der Waals surface area contributed by atoms with Gasteiger partial charge in [0.2, 0.25) is 17.1 Å². The zero-order valence-electron chi connectivity index (χ0n) is 16.5. The maximum Gasteiger partial charge on any atom is 0.404 e. The van der Waals surface area contributed by atoms with Crippen LogP contribution in [0.5, 0.6) is 0 Å². The highest BCUT2D eigenvalue weighted by Gasteiger charge is 2.60. The van der Waals surface area contributed by atoms with Crippen LogP contribution >= 0.6 is 11.3 Å². The summed E-state index contributed by atoms with van der Waals surface area (Å²) in [5.41, 5.74) is 6.61. The van der Waals surface area contributed by atoms with Gasteiger partial charge in [0.25, 0.3) is 0 Å². The lowest BCUT2D eigenvalue weighted by Gasteiger charge is -2.46. The molecule has 0 unspecified atom stereocenters. The van der Waals surface area contributed by atoms with Gasteiger partial charge in [0.05, 0.1) is 18.1 Å². The molecule has 1 fully saturated rings. The lowest BCUT2D eigenvalue weighted by atomic mass is 9.78. The molecule has 0 bridgehead atoms. The predicted molar refractivity (Wildman–Crippen MR) is 104 cm³/mol. The highest BCUT2D eigenvalue weighted by molar-refractivity contribution is 7.15. The third kappa shape index (κ3) is 3.14. The maximum atomic E-state index is 12.5. The molecule has 0 saturated carbocycles. The van der Waals surface area contributed by atoms with Gasteiger partial charge in [-0.1, -0.05) is 18.3 Å². The van der Waals surface area contributed by atoms with Crippen molar-refractivity contribution in [3.8, 4) is 0 Å². The fourth-order valence-electron chi connectivity index (χ4n) is 4.50. The van der Waals surface area contributed by atoms with Gasteiger partial charge >= 0.3 is 12.1 Å². The van der Waals surface area contributed by atoms with Crippen molar-refractivity contribution in [1.82, 2.24) is 9.30 Å². The summed E-state index contributed by atoms with van der Waals surface area (Å²) in [6.07, 6.45) is 2.62. The maximum absolute atomic E-state index is 12.5. The van der Waals surface area contributed by atoms with Crippen LogP contribution in [0, 0.1) is 11.8 Å². The molecule has 0 spiro atoms. The Hall–Kier alpha value is -2.92. The van der Waals surface area contributed by atoms with E-state index in [-0.39, 0.29) is 30.2 Å². The molecular weight excluding hydrogens is 412 g/mol. The number of nitrogens with zero attached hydrogens (tertiary/aromatic N) is 3. The van der Waals surface area contributed by atoms with Crippen LogP contribution in [-0.2, 0) is 27.3 Å². The third-order valence-corrected chi connectivity index (χ3v) is 6.81. The second-order valence-electron chi connectivity index (χ2n) is 7.70. The number of aromatic nitrogens is 2. The van der Waals surface area contributed by atoms with E-state index < -0.39 is 24.1 Å². The second-order valence-corrected chi connectivity index (χ2v) is 8.59. The van der Waals surface area contributed by atoms with Crippen molar-refractivity contribution in [2.45, 2.75) is 39.0 Å². The van der Waals surface area contributed by atoms with E-state index in [1.54, 1.807) is 6.92 Å². The molecule has 160 valence electrons. The van der Waals surface area contributed by atoms with Crippen LogP contribution in [0.3, 0.4) is 0 Å². The van der Waals surface area contributed by atoms with Crippen LogP contribution in [-0.4, -0.2) is 56.2 Å². The van der Waals surface area contributed by atoms with Gasteiger partial charge in [-0.15, -0.1) is 0 Å². The molecule has 0 radical (unpaired) electrons. The summed E-state index contributed by atoms with van der Waals surface area (Å²) in [4.78, 5) is 37.4. The topological polar surface area (TPSA) is 138 Å². The molecule has 2 aromatic heterocycles. The molecule has 4 N–H and O–H groups in total. The number of aliphatic hydroxyl groups is 1. The van der Waals surface area contributed by atoms with E-state index in [4.69, 9.17) is 10.5 Å². The minimum atomic E-state index is -1.14. The van der Waals surface area contributed by atoms with E-state index in [1.165, 1.54) is 16.2 Å². The first-order valence-electron chi connectivity index (χ1n) is 9.58. The number of carboxylic acids is 1. The quantitative estimate of drug-likeness (QED) is 0.417. The normalized spacial score (nSPS) is 24.2. The largest absolute Gasteiger partial charge is 0.477 e.